The van der Waals surface area contributed by atoms with Gasteiger partial charge in [0.1, 0.15) is 6.61 Å². The van der Waals surface area contributed by atoms with Crippen LogP contribution in [-0.4, -0.2) is 37.4 Å². The van der Waals surface area contributed by atoms with E-state index in [2.05, 4.69) is 16.1 Å². The van der Waals surface area contributed by atoms with E-state index < -0.39 is 11.9 Å². The molecule has 0 heterocycles. The molecule has 0 unspecified atom stereocenters. The highest BCUT2D eigenvalue weighted by Gasteiger charge is 2.05. The third-order valence-electron chi connectivity index (χ3n) is 1.09. The van der Waals surface area contributed by atoms with E-state index in [0.29, 0.717) is 6.61 Å². The zero-order valence-electron chi connectivity index (χ0n) is 9.19. The highest BCUT2D eigenvalue weighted by Crippen LogP contribution is 1.92. The molecule has 1 N–H and O–H groups in total. The minimum Gasteiger partial charge on any atom is -0.481 e. The SMILES string of the molecule is C=CC.COCCOC(=O)CCC(=O)O. The summed E-state index contributed by atoms with van der Waals surface area (Å²) in [5.41, 5.74) is 0. The van der Waals surface area contributed by atoms with Crippen molar-refractivity contribution in [3.05, 3.63) is 12.7 Å². The first kappa shape index (κ1) is 16.1. The Morgan fingerprint density at radius 1 is 1.33 bits per heavy atom. The Morgan fingerprint density at radius 3 is 2.27 bits per heavy atom. The lowest BCUT2D eigenvalue weighted by atomic mass is 10.3. The molecule has 5 nitrogen and oxygen atoms in total. The number of aliphatic carboxylic acids is 1. The quantitative estimate of drug-likeness (QED) is 0.412. The summed E-state index contributed by atoms with van der Waals surface area (Å²) in [7, 11) is 1.49. The molecule has 0 aliphatic heterocycles. The van der Waals surface area contributed by atoms with Crippen LogP contribution >= 0.6 is 0 Å². The summed E-state index contributed by atoms with van der Waals surface area (Å²) in [5, 5.41) is 8.20. The highest BCUT2D eigenvalue weighted by molar-refractivity contribution is 5.76. The van der Waals surface area contributed by atoms with Crippen molar-refractivity contribution in [2.24, 2.45) is 0 Å². The monoisotopic (exact) mass is 218 g/mol. The average molecular weight is 218 g/mol. The topological polar surface area (TPSA) is 72.8 Å². The van der Waals surface area contributed by atoms with Gasteiger partial charge >= 0.3 is 11.9 Å². The van der Waals surface area contributed by atoms with Crippen molar-refractivity contribution < 1.29 is 24.2 Å². The molecular formula is C10H18O5. The van der Waals surface area contributed by atoms with Crippen LogP contribution in [0, 0.1) is 0 Å². The predicted octanol–water partition coefficient (Wildman–Crippen LogP) is 1.23. The van der Waals surface area contributed by atoms with Gasteiger partial charge in [0, 0.05) is 7.11 Å². The zero-order valence-corrected chi connectivity index (χ0v) is 9.19. The van der Waals surface area contributed by atoms with Crippen LogP contribution in [0.4, 0.5) is 0 Å². The number of allylic oxidation sites excluding steroid dienone is 1. The molecule has 0 aliphatic carbocycles. The van der Waals surface area contributed by atoms with Crippen LogP contribution in [-0.2, 0) is 19.1 Å². The van der Waals surface area contributed by atoms with Gasteiger partial charge in [0.2, 0.25) is 0 Å². The lowest BCUT2D eigenvalue weighted by molar-refractivity contribution is -0.148. The molecule has 88 valence electrons. The van der Waals surface area contributed by atoms with Crippen molar-refractivity contribution in [2.45, 2.75) is 19.8 Å². The minimum absolute atomic E-state index is 0.0843. The Hall–Kier alpha value is -1.36. The number of carbonyl (C=O) groups excluding carboxylic acids is 1. The molecule has 0 aromatic carbocycles. The number of rotatable bonds is 6. The summed E-state index contributed by atoms with van der Waals surface area (Å²) in [6.07, 6.45) is 1.48. The normalized spacial score (nSPS) is 8.40. The molecule has 0 spiro atoms. The molecule has 0 bridgehead atoms. The van der Waals surface area contributed by atoms with Gasteiger partial charge in [-0.05, 0) is 6.92 Å². The van der Waals surface area contributed by atoms with E-state index in [9.17, 15) is 9.59 Å². The number of methoxy groups -OCH3 is 1. The number of hydrogen-bond acceptors (Lipinski definition) is 4. The van der Waals surface area contributed by atoms with Crippen LogP contribution in [0.1, 0.15) is 19.8 Å². The molecule has 0 aromatic heterocycles. The number of carboxylic acid groups (broad SMARTS) is 1. The van der Waals surface area contributed by atoms with E-state index in [1.807, 2.05) is 6.92 Å². The molecule has 0 saturated heterocycles. The summed E-state index contributed by atoms with van der Waals surface area (Å²) in [5.74, 6) is -1.51. The fourth-order valence-corrected chi connectivity index (χ4v) is 0.520. The van der Waals surface area contributed by atoms with Crippen LogP contribution in [0.15, 0.2) is 12.7 Å². The van der Waals surface area contributed by atoms with E-state index in [1.165, 1.54) is 7.11 Å². The molecule has 5 heteroatoms. The van der Waals surface area contributed by atoms with Gasteiger partial charge in [0.25, 0.3) is 0 Å². The maximum atomic E-state index is 10.7. The third-order valence-corrected chi connectivity index (χ3v) is 1.09. The van der Waals surface area contributed by atoms with Gasteiger partial charge in [-0.15, -0.1) is 6.58 Å². The maximum Gasteiger partial charge on any atom is 0.306 e. The molecule has 0 aliphatic rings. The van der Waals surface area contributed by atoms with Gasteiger partial charge in [-0.1, -0.05) is 6.08 Å². The second kappa shape index (κ2) is 12.6. The van der Waals surface area contributed by atoms with Crippen molar-refractivity contribution in [2.75, 3.05) is 20.3 Å². The smallest absolute Gasteiger partial charge is 0.306 e. The van der Waals surface area contributed by atoms with E-state index in [-0.39, 0.29) is 19.4 Å². The summed E-state index contributed by atoms with van der Waals surface area (Å²) in [6.45, 7) is 5.76. The number of carbonyl (C=O) groups is 2. The van der Waals surface area contributed by atoms with E-state index in [0.717, 1.165) is 0 Å². The third kappa shape index (κ3) is 19.2. The van der Waals surface area contributed by atoms with Crippen LogP contribution < -0.4 is 0 Å². The maximum absolute atomic E-state index is 10.7. The first-order valence-electron chi connectivity index (χ1n) is 4.51. The molecule has 0 atom stereocenters. The minimum atomic E-state index is -1.00. The average Bonchev–Trinajstić information content (AvgIpc) is 2.16. The lowest BCUT2D eigenvalue weighted by Crippen LogP contribution is -2.10. The summed E-state index contributed by atoms with van der Waals surface area (Å²) in [4.78, 5) is 20.7. The second-order valence-corrected chi connectivity index (χ2v) is 2.52. The Labute approximate surface area is 89.7 Å². The fraction of sp³-hybridized carbons (Fsp3) is 0.600. The molecule has 0 saturated carbocycles. The van der Waals surface area contributed by atoms with Gasteiger partial charge in [-0.25, -0.2) is 0 Å². The first-order chi connectivity index (χ1) is 7.08. The van der Waals surface area contributed by atoms with Crippen molar-refractivity contribution in [3.63, 3.8) is 0 Å². The van der Waals surface area contributed by atoms with E-state index in [1.54, 1.807) is 6.08 Å². The zero-order chi connectivity index (χ0) is 12.1. The van der Waals surface area contributed by atoms with Gasteiger partial charge in [-0.2, -0.15) is 0 Å². The Balaban J connectivity index is 0. The second-order valence-electron chi connectivity index (χ2n) is 2.52. The molecule has 0 radical (unpaired) electrons. The predicted molar refractivity (Wildman–Crippen MR) is 55.6 cm³/mol. The van der Waals surface area contributed by atoms with Gasteiger partial charge in [-0.3, -0.25) is 9.59 Å². The fourth-order valence-electron chi connectivity index (χ4n) is 0.520. The largest absolute Gasteiger partial charge is 0.481 e. The summed E-state index contributed by atoms with van der Waals surface area (Å²) >= 11 is 0. The molecular weight excluding hydrogens is 200 g/mol. The number of esters is 1. The van der Waals surface area contributed by atoms with E-state index >= 15 is 0 Å². The van der Waals surface area contributed by atoms with Crippen LogP contribution in [0.3, 0.4) is 0 Å². The Bertz CT molecular complexity index is 188. The number of ether oxygens (including phenoxy) is 2. The Kier molecular flexibility index (Phi) is 13.6. The number of carboxylic acids is 1. The molecule has 0 rings (SSSR count). The lowest BCUT2D eigenvalue weighted by Gasteiger charge is -2.01. The van der Waals surface area contributed by atoms with Gasteiger partial charge in [0.05, 0.1) is 19.4 Å². The Morgan fingerprint density at radius 2 is 1.87 bits per heavy atom. The van der Waals surface area contributed by atoms with Gasteiger partial charge in [0.15, 0.2) is 0 Å². The van der Waals surface area contributed by atoms with Crippen LogP contribution in [0.5, 0.6) is 0 Å². The molecule has 0 amide bonds. The summed E-state index contributed by atoms with van der Waals surface area (Å²) < 4.78 is 9.23. The number of hydrogen-bond donors (Lipinski definition) is 1. The van der Waals surface area contributed by atoms with Gasteiger partial charge < -0.3 is 14.6 Å². The van der Waals surface area contributed by atoms with Crippen molar-refractivity contribution >= 4 is 11.9 Å². The van der Waals surface area contributed by atoms with Crippen LogP contribution in [0.2, 0.25) is 0 Å². The highest BCUT2D eigenvalue weighted by atomic mass is 16.6. The van der Waals surface area contributed by atoms with Crippen molar-refractivity contribution in [3.8, 4) is 0 Å². The first-order valence-corrected chi connectivity index (χ1v) is 4.51. The molecule has 0 fully saturated rings. The molecule has 0 aromatic rings. The van der Waals surface area contributed by atoms with Crippen molar-refractivity contribution in [1.82, 2.24) is 0 Å². The molecule has 15 heavy (non-hydrogen) atoms. The van der Waals surface area contributed by atoms with Crippen LogP contribution in [0.25, 0.3) is 0 Å². The summed E-state index contributed by atoms with van der Waals surface area (Å²) in [6, 6.07) is 0. The standard InChI is InChI=1S/C7H12O5.C3H6/c1-11-4-5-12-7(10)3-2-6(8)9;1-3-2/h2-5H2,1H3,(H,8,9);3H,1H2,2H3. The van der Waals surface area contributed by atoms with Crippen molar-refractivity contribution in [1.29, 1.82) is 0 Å². The van der Waals surface area contributed by atoms with E-state index in [4.69, 9.17) is 5.11 Å².